The summed E-state index contributed by atoms with van der Waals surface area (Å²) in [5.74, 6) is -1.60. The number of rotatable bonds is 3. The molecular formula is C9H7ClF2O3. The minimum absolute atomic E-state index is 0.0923. The first-order chi connectivity index (χ1) is 6.93. The van der Waals surface area contributed by atoms with Gasteiger partial charge in [-0.2, -0.15) is 0 Å². The fourth-order valence-electron chi connectivity index (χ4n) is 1.11. The Kier molecular flexibility index (Phi) is 3.60. The Bertz CT molecular complexity index is 382. The zero-order valence-corrected chi connectivity index (χ0v) is 8.08. The summed E-state index contributed by atoms with van der Waals surface area (Å²) in [6, 6.07) is 3.22. The van der Waals surface area contributed by atoms with E-state index in [1.165, 1.54) is 6.07 Å². The number of carboxylic acid groups (broad SMARTS) is 1. The first kappa shape index (κ1) is 11.9. The third-order valence-electron chi connectivity index (χ3n) is 1.81. The quantitative estimate of drug-likeness (QED) is 0.847. The second-order valence-corrected chi connectivity index (χ2v) is 3.25. The van der Waals surface area contributed by atoms with E-state index in [1.807, 2.05) is 0 Å². The molecule has 0 bridgehead atoms. The number of hydrogen-bond acceptors (Lipinski definition) is 2. The Morgan fingerprint density at radius 3 is 2.40 bits per heavy atom. The zero-order valence-electron chi connectivity index (χ0n) is 7.32. The predicted molar refractivity (Wildman–Crippen MR) is 49.0 cm³/mol. The average Bonchev–Trinajstić information content (AvgIpc) is 2.15. The molecule has 0 aromatic heterocycles. The molecule has 15 heavy (non-hydrogen) atoms. The van der Waals surface area contributed by atoms with E-state index < -0.39 is 24.1 Å². The number of alkyl halides is 2. The Morgan fingerprint density at radius 1 is 1.33 bits per heavy atom. The van der Waals surface area contributed by atoms with Crippen LogP contribution in [0.15, 0.2) is 18.2 Å². The summed E-state index contributed by atoms with van der Waals surface area (Å²) in [4.78, 5) is 10.4. The highest BCUT2D eigenvalue weighted by atomic mass is 35.5. The highest BCUT2D eigenvalue weighted by molar-refractivity contribution is 6.30. The van der Waals surface area contributed by atoms with Crippen molar-refractivity contribution in [2.75, 3.05) is 0 Å². The molecule has 0 fully saturated rings. The molecule has 0 aliphatic carbocycles. The van der Waals surface area contributed by atoms with Gasteiger partial charge in [0, 0.05) is 16.1 Å². The van der Waals surface area contributed by atoms with Gasteiger partial charge in [0.25, 0.3) is 6.43 Å². The van der Waals surface area contributed by atoms with Crippen LogP contribution < -0.4 is 0 Å². The lowest BCUT2D eigenvalue weighted by Crippen LogP contribution is -2.13. The summed E-state index contributed by atoms with van der Waals surface area (Å²) >= 11 is 5.52. The number of aliphatic carboxylic acids is 1. The van der Waals surface area contributed by atoms with Crippen LogP contribution in [0.25, 0.3) is 0 Å². The summed E-state index contributed by atoms with van der Waals surface area (Å²) in [5.41, 5.74) is -0.917. The van der Waals surface area contributed by atoms with Gasteiger partial charge in [-0.1, -0.05) is 17.7 Å². The fraction of sp³-hybridized carbons (Fsp3) is 0.222. The molecule has 82 valence electrons. The molecule has 0 saturated carbocycles. The van der Waals surface area contributed by atoms with Crippen LogP contribution in [0.3, 0.4) is 0 Å². The van der Waals surface area contributed by atoms with Crippen LogP contribution in [-0.2, 0) is 4.79 Å². The Labute approximate surface area is 88.9 Å². The highest BCUT2D eigenvalue weighted by Gasteiger charge is 2.23. The molecule has 0 aliphatic heterocycles. The molecule has 0 spiro atoms. The van der Waals surface area contributed by atoms with Gasteiger partial charge in [0.2, 0.25) is 0 Å². The molecule has 6 heteroatoms. The standard InChI is InChI=1S/C9H7ClF2O3/c10-4-1-2-5(8(11)12)6(3-4)7(13)9(14)15/h1-3,7-8,13H,(H,14,15). The smallest absolute Gasteiger partial charge is 0.337 e. The van der Waals surface area contributed by atoms with E-state index in [1.54, 1.807) is 0 Å². The predicted octanol–water partition coefficient (Wildman–Crippen LogP) is 2.40. The summed E-state index contributed by atoms with van der Waals surface area (Å²) in [7, 11) is 0. The van der Waals surface area contributed by atoms with Gasteiger partial charge in [-0.25, -0.2) is 13.6 Å². The van der Waals surface area contributed by atoms with Crippen molar-refractivity contribution in [1.82, 2.24) is 0 Å². The van der Waals surface area contributed by atoms with Crippen LogP contribution >= 0.6 is 11.6 Å². The molecular weight excluding hydrogens is 230 g/mol. The maximum atomic E-state index is 12.4. The van der Waals surface area contributed by atoms with E-state index in [-0.39, 0.29) is 10.6 Å². The van der Waals surface area contributed by atoms with Crippen LogP contribution in [0.4, 0.5) is 8.78 Å². The van der Waals surface area contributed by atoms with Gasteiger partial charge in [0.15, 0.2) is 6.10 Å². The van der Waals surface area contributed by atoms with Gasteiger partial charge in [-0.3, -0.25) is 0 Å². The number of carbonyl (C=O) groups is 1. The minimum Gasteiger partial charge on any atom is -0.479 e. The van der Waals surface area contributed by atoms with Crippen molar-refractivity contribution in [2.45, 2.75) is 12.5 Å². The number of aliphatic hydroxyl groups excluding tert-OH is 1. The van der Waals surface area contributed by atoms with Gasteiger partial charge in [0.1, 0.15) is 0 Å². The van der Waals surface area contributed by atoms with Crippen molar-refractivity contribution in [3.8, 4) is 0 Å². The molecule has 0 saturated heterocycles. The number of hydrogen-bond donors (Lipinski definition) is 2. The van der Waals surface area contributed by atoms with Crippen molar-refractivity contribution in [3.05, 3.63) is 34.3 Å². The number of carboxylic acids is 1. The molecule has 0 aliphatic rings. The average molecular weight is 237 g/mol. The molecule has 2 N–H and O–H groups in total. The maximum Gasteiger partial charge on any atom is 0.337 e. The van der Waals surface area contributed by atoms with E-state index >= 15 is 0 Å². The Morgan fingerprint density at radius 2 is 1.93 bits per heavy atom. The van der Waals surface area contributed by atoms with Gasteiger partial charge >= 0.3 is 5.97 Å². The summed E-state index contributed by atoms with van der Waals surface area (Å²) in [5, 5.41) is 17.7. The first-order valence-electron chi connectivity index (χ1n) is 3.92. The van der Waals surface area contributed by atoms with Crippen LogP contribution in [0, 0.1) is 0 Å². The first-order valence-corrected chi connectivity index (χ1v) is 4.29. The zero-order chi connectivity index (χ0) is 11.6. The van der Waals surface area contributed by atoms with Gasteiger partial charge in [0.05, 0.1) is 0 Å². The summed E-state index contributed by atoms with van der Waals surface area (Å²) in [6.45, 7) is 0. The van der Waals surface area contributed by atoms with Crippen molar-refractivity contribution >= 4 is 17.6 Å². The second kappa shape index (κ2) is 4.55. The number of aliphatic hydroxyl groups is 1. The Hall–Kier alpha value is -1.20. The summed E-state index contributed by atoms with van der Waals surface area (Å²) in [6.07, 6.45) is -4.85. The molecule has 0 amide bonds. The van der Waals surface area contributed by atoms with Crippen molar-refractivity contribution in [2.24, 2.45) is 0 Å². The lowest BCUT2D eigenvalue weighted by Gasteiger charge is -2.11. The van der Waals surface area contributed by atoms with Crippen molar-refractivity contribution in [1.29, 1.82) is 0 Å². The van der Waals surface area contributed by atoms with Gasteiger partial charge in [-0.15, -0.1) is 0 Å². The monoisotopic (exact) mass is 236 g/mol. The fourth-order valence-corrected chi connectivity index (χ4v) is 1.29. The van der Waals surface area contributed by atoms with E-state index in [0.717, 1.165) is 12.1 Å². The minimum atomic E-state index is -2.86. The van der Waals surface area contributed by atoms with Crippen LogP contribution in [0.1, 0.15) is 23.7 Å². The number of benzene rings is 1. The molecule has 1 aromatic carbocycles. The van der Waals surface area contributed by atoms with E-state index in [0.29, 0.717) is 0 Å². The van der Waals surface area contributed by atoms with Gasteiger partial charge < -0.3 is 10.2 Å². The SMILES string of the molecule is O=C(O)C(O)c1cc(Cl)ccc1C(F)F. The number of halogens is 3. The molecule has 1 atom stereocenters. The maximum absolute atomic E-state index is 12.4. The molecule has 1 rings (SSSR count). The van der Waals surface area contributed by atoms with E-state index in [9.17, 15) is 13.6 Å². The van der Waals surface area contributed by atoms with Crippen molar-refractivity contribution in [3.63, 3.8) is 0 Å². The van der Waals surface area contributed by atoms with E-state index in [2.05, 4.69) is 0 Å². The summed E-state index contributed by atoms with van der Waals surface area (Å²) < 4.78 is 24.9. The third-order valence-corrected chi connectivity index (χ3v) is 2.05. The molecule has 1 aromatic rings. The Balaban J connectivity index is 3.24. The largest absolute Gasteiger partial charge is 0.479 e. The third kappa shape index (κ3) is 2.64. The topological polar surface area (TPSA) is 57.5 Å². The van der Waals surface area contributed by atoms with Crippen LogP contribution in [0.2, 0.25) is 5.02 Å². The highest BCUT2D eigenvalue weighted by Crippen LogP contribution is 2.29. The molecule has 0 heterocycles. The van der Waals surface area contributed by atoms with Crippen LogP contribution in [0.5, 0.6) is 0 Å². The molecule has 0 radical (unpaired) electrons. The lowest BCUT2D eigenvalue weighted by atomic mass is 10.0. The second-order valence-electron chi connectivity index (χ2n) is 2.81. The van der Waals surface area contributed by atoms with Crippen LogP contribution in [-0.4, -0.2) is 16.2 Å². The normalized spacial score (nSPS) is 12.9. The van der Waals surface area contributed by atoms with Gasteiger partial charge in [-0.05, 0) is 12.1 Å². The van der Waals surface area contributed by atoms with E-state index in [4.69, 9.17) is 21.8 Å². The molecule has 1 unspecified atom stereocenters. The van der Waals surface area contributed by atoms with Crippen molar-refractivity contribution < 1.29 is 23.8 Å². The lowest BCUT2D eigenvalue weighted by molar-refractivity contribution is -0.147. The molecule has 3 nitrogen and oxygen atoms in total.